The van der Waals surface area contributed by atoms with Gasteiger partial charge in [0.2, 0.25) is 5.91 Å². The molecule has 5 nitrogen and oxygen atoms in total. The maximum absolute atomic E-state index is 14.2. The van der Waals surface area contributed by atoms with Crippen LogP contribution in [0.2, 0.25) is 0 Å². The van der Waals surface area contributed by atoms with Crippen molar-refractivity contribution < 1.29 is 24.1 Å². The van der Waals surface area contributed by atoms with E-state index in [1.807, 2.05) is 37.6 Å². The third kappa shape index (κ3) is 8.96. The molecule has 1 aliphatic carbocycles. The normalized spacial score (nSPS) is 22.7. The van der Waals surface area contributed by atoms with Crippen LogP contribution in [0.25, 0.3) is 0 Å². The highest BCUT2D eigenvalue weighted by Crippen LogP contribution is 2.55. The zero-order valence-electron chi connectivity index (χ0n) is 25.2. The molecule has 1 saturated heterocycles. The average molecular weight is 578 g/mol. The molecule has 1 aromatic carbocycles. The number of hydrogen-bond donors (Lipinski definition) is 2. The van der Waals surface area contributed by atoms with Crippen molar-refractivity contribution in [2.24, 2.45) is 11.3 Å². The molecular weight excluding hydrogens is 525 g/mol. The molecule has 3 unspecified atom stereocenters. The fourth-order valence-electron chi connectivity index (χ4n) is 6.07. The van der Waals surface area contributed by atoms with E-state index in [1.54, 1.807) is 6.07 Å². The Kier molecular flexibility index (Phi) is 12.8. The van der Waals surface area contributed by atoms with E-state index >= 15 is 0 Å². The average Bonchev–Trinajstić information content (AvgIpc) is 2.92. The standard InChI is InChI=1S/C33H52FNO4S/c1-5-6-19-35(4)30(37)14-10-8-12-21-40-20-11-7-9-13-25-17-18-33(32(2,3)38)23-27(25)31(39-24-33)26-15-16-29(36)28(34)22-26/h15-17,22,27,31,36,38H,5-14,18-21,23-24H2,1-4H3. The van der Waals surface area contributed by atoms with Crippen LogP contribution >= 0.6 is 11.8 Å². The number of hydrogen-bond acceptors (Lipinski definition) is 5. The van der Waals surface area contributed by atoms with Gasteiger partial charge in [0.1, 0.15) is 0 Å². The zero-order chi connectivity index (χ0) is 29.2. The van der Waals surface area contributed by atoms with Crippen LogP contribution in [0.4, 0.5) is 4.39 Å². The second-order valence-corrected chi connectivity index (χ2v) is 13.7. The summed E-state index contributed by atoms with van der Waals surface area (Å²) in [5.74, 6) is 1.74. The molecule has 1 aliphatic heterocycles. The van der Waals surface area contributed by atoms with Crippen molar-refractivity contribution in [1.29, 1.82) is 0 Å². The van der Waals surface area contributed by atoms with Crippen LogP contribution in [0, 0.1) is 17.2 Å². The maximum Gasteiger partial charge on any atom is 0.222 e. The number of aliphatic hydroxyl groups is 1. The first-order valence-electron chi connectivity index (χ1n) is 15.4. The van der Waals surface area contributed by atoms with Gasteiger partial charge in [-0.2, -0.15) is 11.8 Å². The minimum Gasteiger partial charge on any atom is -0.505 e. The summed E-state index contributed by atoms with van der Waals surface area (Å²) in [5.41, 5.74) is 0.917. The Hall–Kier alpha value is -1.57. The highest BCUT2D eigenvalue weighted by atomic mass is 32.2. The molecule has 1 amide bonds. The Balaban J connectivity index is 1.38. The molecule has 7 heteroatoms. The molecule has 2 aliphatic rings. The van der Waals surface area contributed by atoms with E-state index in [0.29, 0.717) is 13.0 Å². The molecule has 1 aromatic rings. The lowest BCUT2D eigenvalue weighted by atomic mass is 9.59. The van der Waals surface area contributed by atoms with E-state index in [4.69, 9.17) is 4.74 Å². The van der Waals surface area contributed by atoms with Crippen molar-refractivity contribution in [2.75, 3.05) is 31.7 Å². The zero-order valence-corrected chi connectivity index (χ0v) is 26.0. The second kappa shape index (κ2) is 15.6. The number of nitrogens with zero attached hydrogens (tertiary/aromatic N) is 1. The van der Waals surface area contributed by atoms with Gasteiger partial charge < -0.3 is 19.8 Å². The maximum atomic E-state index is 14.2. The minimum atomic E-state index is -0.865. The van der Waals surface area contributed by atoms with Crippen LogP contribution in [0.3, 0.4) is 0 Å². The molecule has 0 spiro atoms. The fraction of sp³-hybridized carbons (Fsp3) is 0.727. The van der Waals surface area contributed by atoms with Gasteiger partial charge in [-0.3, -0.25) is 4.79 Å². The predicted molar refractivity (Wildman–Crippen MR) is 163 cm³/mol. The number of amides is 1. The van der Waals surface area contributed by atoms with Gasteiger partial charge in [-0.05, 0) is 94.4 Å². The summed E-state index contributed by atoms with van der Waals surface area (Å²) in [6.45, 7) is 7.21. The quantitative estimate of drug-likeness (QED) is 0.146. The van der Waals surface area contributed by atoms with Gasteiger partial charge >= 0.3 is 0 Å². The highest BCUT2D eigenvalue weighted by molar-refractivity contribution is 7.99. The van der Waals surface area contributed by atoms with E-state index in [-0.39, 0.29) is 29.1 Å². The van der Waals surface area contributed by atoms with Crippen LogP contribution in [0.5, 0.6) is 5.75 Å². The van der Waals surface area contributed by atoms with Crippen LogP contribution < -0.4 is 0 Å². The summed E-state index contributed by atoms with van der Waals surface area (Å²) in [4.78, 5) is 14.0. The van der Waals surface area contributed by atoms with Gasteiger partial charge in [0.15, 0.2) is 11.6 Å². The van der Waals surface area contributed by atoms with E-state index in [9.17, 15) is 19.4 Å². The van der Waals surface area contributed by atoms with Crippen molar-refractivity contribution in [3.8, 4) is 5.75 Å². The summed E-state index contributed by atoms with van der Waals surface area (Å²) in [6.07, 6.45) is 14.3. The topological polar surface area (TPSA) is 70.0 Å². The third-order valence-electron chi connectivity index (χ3n) is 9.05. The first-order valence-corrected chi connectivity index (χ1v) is 16.6. The molecule has 0 aromatic heterocycles. The largest absolute Gasteiger partial charge is 0.505 e. The number of benzene rings is 1. The summed E-state index contributed by atoms with van der Waals surface area (Å²) in [6, 6.07) is 4.56. The van der Waals surface area contributed by atoms with Crippen molar-refractivity contribution in [3.63, 3.8) is 0 Å². The first kappa shape index (κ1) is 32.9. The highest BCUT2D eigenvalue weighted by Gasteiger charge is 2.52. The second-order valence-electron chi connectivity index (χ2n) is 12.5. The summed E-state index contributed by atoms with van der Waals surface area (Å²) in [5, 5.41) is 20.6. The monoisotopic (exact) mass is 577 g/mol. The SMILES string of the molecule is CCCCN(C)C(=O)CCCCCSCCCCCC1=CCC2(C(C)(C)O)COC(c3ccc(O)c(F)c3)C1C2. The van der Waals surface area contributed by atoms with Crippen molar-refractivity contribution in [1.82, 2.24) is 4.90 Å². The van der Waals surface area contributed by atoms with E-state index in [1.165, 1.54) is 42.7 Å². The number of phenols is 1. The number of fused-ring (bicyclic) bond motifs is 2. The van der Waals surface area contributed by atoms with Gasteiger partial charge in [0, 0.05) is 31.3 Å². The molecule has 0 saturated carbocycles. The number of rotatable bonds is 17. The number of halogens is 1. The van der Waals surface area contributed by atoms with Gasteiger partial charge in [-0.15, -0.1) is 0 Å². The molecule has 2 N–H and O–H groups in total. The number of carbonyl (C=O) groups is 1. The Morgan fingerprint density at radius 1 is 1.15 bits per heavy atom. The first-order chi connectivity index (χ1) is 19.1. The van der Waals surface area contributed by atoms with Crippen molar-refractivity contribution >= 4 is 17.7 Å². The smallest absolute Gasteiger partial charge is 0.222 e. The third-order valence-corrected chi connectivity index (χ3v) is 10.2. The number of phenolic OH excluding ortho intramolecular Hbond substituents is 1. The predicted octanol–water partition coefficient (Wildman–Crippen LogP) is 7.81. The van der Waals surface area contributed by atoms with Gasteiger partial charge in [0.05, 0.1) is 18.3 Å². The van der Waals surface area contributed by atoms with Crippen LogP contribution in [-0.4, -0.2) is 58.3 Å². The van der Waals surface area contributed by atoms with Gasteiger partial charge in [0.25, 0.3) is 0 Å². The van der Waals surface area contributed by atoms with Crippen molar-refractivity contribution in [2.45, 2.75) is 110 Å². The molecule has 1 fully saturated rings. The molecule has 0 radical (unpaired) electrons. The summed E-state index contributed by atoms with van der Waals surface area (Å²) >= 11 is 2.02. The Bertz CT molecular complexity index is 978. The van der Waals surface area contributed by atoms with Crippen molar-refractivity contribution in [3.05, 3.63) is 41.2 Å². The molecule has 226 valence electrons. The summed E-state index contributed by atoms with van der Waals surface area (Å²) in [7, 11) is 1.92. The number of carbonyl (C=O) groups excluding carboxylic acids is 1. The minimum absolute atomic E-state index is 0.102. The Morgan fingerprint density at radius 2 is 1.88 bits per heavy atom. The lowest BCUT2D eigenvalue weighted by Crippen LogP contribution is -2.53. The van der Waals surface area contributed by atoms with Gasteiger partial charge in [-0.25, -0.2) is 4.39 Å². The number of ether oxygens (including phenoxy) is 1. The number of aromatic hydroxyl groups is 1. The van der Waals surface area contributed by atoms with E-state index in [0.717, 1.165) is 69.2 Å². The molecule has 3 rings (SSSR count). The van der Waals surface area contributed by atoms with E-state index in [2.05, 4.69) is 13.0 Å². The fourth-order valence-corrected chi connectivity index (χ4v) is 7.09. The van der Waals surface area contributed by atoms with Gasteiger partial charge in [-0.1, -0.05) is 43.9 Å². The van der Waals surface area contributed by atoms with Crippen LogP contribution in [-0.2, 0) is 9.53 Å². The number of thioether (sulfide) groups is 1. The molecular formula is C33H52FNO4S. The summed E-state index contributed by atoms with van der Waals surface area (Å²) < 4.78 is 20.5. The van der Waals surface area contributed by atoms with E-state index < -0.39 is 11.4 Å². The molecule has 1 heterocycles. The Morgan fingerprint density at radius 3 is 2.55 bits per heavy atom. The molecule has 3 atom stereocenters. The molecule has 2 bridgehead atoms. The Labute approximate surface area is 245 Å². The van der Waals surface area contributed by atoms with Crippen LogP contribution in [0.1, 0.15) is 109 Å². The number of unbranched alkanes of at least 4 members (excludes halogenated alkanes) is 5. The lowest BCUT2D eigenvalue weighted by Gasteiger charge is -2.53. The lowest BCUT2D eigenvalue weighted by molar-refractivity contribution is -0.174. The molecule has 40 heavy (non-hydrogen) atoms. The number of allylic oxidation sites excluding steroid dienone is 1. The van der Waals surface area contributed by atoms with Crippen LogP contribution in [0.15, 0.2) is 29.8 Å².